The average molecular weight is 296 g/mol. The second-order valence-electron chi connectivity index (χ2n) is 6.77. The number of Topliss-reactive ketones (excluding diaryl/α,β-unsaturated/α-hetero) is 1. The van der Waals surface area contributed by atoms with E-state index in [-0.39, 0.29) is 11.2 Å². The number of hydrogen-bond donors (Lipinski definition) is 0. The molecule has 0 saturated carbocycles. The predicted octanol–water partition coefficient (Wildman–Crippen LogP) is 4.29. The van der Waals surface area contributed by atoms with Gasteiger partial charge in [-0.05, 0) is 36.3 Å². The van der Waals surface area contributed by atoms with Gasteiger partial charge in [0.1, 0.15) is 5.69 Å². The van der Waals surface area contributed by atoms with Crippen molar-refractivity contribution >= 4 is 5.78 Å². The van der Waals surface area contributed by atoms with Gasteiger partial charge in [-0.15, -0.1) is 0 Å². The van der Waals surface area contributed by atoms with Crippen LogP contribution in [-0.2, 0) is 11.8 Å². The molecule has 0 aliphatic heterocycles. The van der Waals surface area contributed by atoms with Crippen LogP contribution in [-0.4, -0.2) is 15.8 Å². The number of ketones is 1. The van der Waals surface area contributed by atoms with Crippen LogP contribution in [0.3, 0.4) is 0 Å². The summed E-state index contributed by atoms with van der Waals surface area (Å²) in [6.45, 7) is 8.50. The maximum absolute atomic E-state index is 12.0. The van der Waals surface area contributed by atoms with Gasteiger partial charge < -0.3 is 0 Å². The van der Waals surface area contributed by atoms with E-state index in [2.05, 4.69) is 55.0 Å². The SMILES string of the molecule is Cc1cnc(C(=O)CCCc2ccc(C(C)(C)C)cc2)cn1. The molecule has 0 aliphatic carbocycles. The van der Waals surface area contributed by atoms with Crippen LogP contribution in [0.15, 0.2) is 36.7 Å². The summed E-state index contributed by atoms with van der Waals surface area (Å²) in [6, 6.07) is 8.69. The van der Waals surface area contributed by atoms with E-state index in [0.29, 0.717) is 12.1 Å². The van der Waals surface area contributed by atoms with Gasteiger partial charge >= 0.3 is 0 Å². The minimum Gasteiger partial charge on any atom is -0.292 e. The Bertz CT molecular complexity index is 622. The first kappa shape index (κ1) is 16.3. The van der Waals surface area contributed by atoms with E-state index in [4.69, 9.17) is 0 Å². The van der Waals surface area contributed by atoms with E-state index < -0.39 is 0 Å². The number of carbonyl (C=O) groups is 1. The highest BCUT2D eigenvalue weighted by Crippen LogP contribution is 2.22. The molecule has 1 aromatic heterocycles. The highest BCUT2D eigenvalue weighted by molar-refractivity contribution is 5.93. The number of rotatable bonds is 5. The first-order valence-electron chi connectivity index (χ1n) is 7.77. The Hall–Kier alpha value is -2.03. The number of aryl methyl sites for hydroxylation is 2. The molecule has 3 nitrogen and oxygen atoms in total. The Morgan fingerprint density at radius 1 is 1.05 bits per heavy atom. The molecule has 0 amide bonds. The summed E-state index contributed by atoms with van der Waals surface area (Å²) in [5.74, 6) is 0.0683. The standard InChI is InChI=1S/C19H24N2O/c1-14-12-21-17(13-20-14)18(22)7-5-6-15-8-10-16(11-9-15)19(2,3)4/h8-13H,5-7H2,1-4H3. The van der Waals surface area contributed by atoms with Crippen molar-refractivity contribution in [3.05, 3.63) is 59.2 Å². The smallest absolute Gasteiger partial charge is 0.182 e. The molecule has 116 valence electrons. The van der Waals surface area contributed by atoms with E-state index in [9.17, 15) is 4.79 Å². The molecule has 2 aromatic rings. The predicted molar refractivity (Wildman–Crippen MR) is 89.2 cm³/mol. The number of hydrogen-bond acceptors (Lipinski definition) is 3. The lowest BCUT2D eigenvalue weighted by atomic mass is 9.86. The Morgan fingerprint density at radius 2 is 1.73 bits per heavy atom. The molecule has 0 fully saturated rings. The van der Waals surface area contributed by atoms with Crippen LogP contribution in [0, 0.1) is 6.92 Å². The number of carbonyl (C=O) groups excluding carboxylic acids is 1. The van der Waals surface area contributed by atoms with Crippen molar-refractivity contribution in [2.75, 3.05) is 0 Å². The first-order chi connectivity index (χ1) is 10.4. The van der Waals surface area contributed by atoms with Crippen LogP contribution in [0.25, 0.3) is 0 Å². The maximum Gasteiger partial charge on any atom is 0.182 e. The van der Waals surface area contributed by atoms with Gasteiger partial charge in [-0.3, -0.25) is 9.78 Å². The van der Waals surface area contributed by atoms with Gasteiger partial charge in [-0.25, -0.2) is 4.98 Å². The van der Waals surface area contributed by atoms with Crippen LogP contribution in [0.5, 0.6) is 0 Å². The van der Waals surface area contributed by atoms with Gasteiger partial charge in [0.25, 0.3) is 0 Å². The van der Waals surface area contributed by atoms with Crippen molar-refractivity contribution in [2.24, 2.45) is 0 Å². The van der Waals surface area contributed by atoms with Crippen molar-refractivity contribution in [1.29, 1.82) is 0 Å². The minimum absolute atomic E-state index is 0.0683. The lowest BCUT2D eigenvalue weighted by Gasteiger charge is -2.19. The second-order valence-corrected chi connectivity index (χ2v) is 6.77. The summed E-state index contributed by atoms with van der Waals surface area (Å²) < 4.78 is 0. The van der Waals surface area contributed by atoms with Crippen LogP contribution in [0.1, 0.15) is 60.9 Å². The fraction of sp³-hybridized carbons (Fsp3) is 0.421. The zero-order valence-corrected chi connectivity index (χ0v) is 13.9. The van der Waals surface area contributed by atoms with Gasteiger partial charge in [0, 0.05) is 12.6 Å². The Morgan fingerprint density at radius 3 is 2.27 bits per heavy atom. The van der Waals surface area contributed by atoms with Crippen LogP contribution in [0.4, 0.5) is 0 Å². The number of benzene rings is 1. The topological polar surface area (TPSA) is 42.9 Å². The van der Waals surface area contributed by atoms with E-state index >= 15 is 0 Å². The highest BCUT2D eigenvalue weighted by atomic mass is 16.1. The van der Waals surface area contributed by atoms with Crippen molar-refractivity contribution in [1.82, 2.24) is 9.97 Å². The lowest BCUT2D eigenvalue weighted by molar-refractivity contribution is 0.0975. The summed E-state index contributed by atoms with van der Waals surface area (Å²) in [6.07, 6.45) is 5.46. The molecule has 2 rings (SSSR count). The van der Waals surface area contributed by atoms with Crippen molar-refractivity contribution in [3.63, 3.8) is 0 Å². The molecule has 0 N–H and O–H groups in total. The van der Waals surface area contributed by atoms with E-state index in [0.717, 1.165) is 18.5 Å². The van der Waals surface area contributed by atoms with Gasteiger partial charge in [-0.1, -0.05) is 45.0 Å². The fourth-order valence-corrected chi connectivity index (χ4v) is 2.29. The van der Waals surface area contributed by atoms with E-state index in [1.807, 2.05) is 6.92 Å². The molecule has 0 saturated heterocycles. The fourth-order valence-electron chi connectivity index (χ4n) is 2.29. The monoisotopic (exact) mass is 296 g/mol. The van der Waals surface area contributed by atoms with E-state index in [1.165, 1.54) is 11.1 Å². The first-order valence-corrected chi connectivity index (χ1v) is 7.77. The van der Waals surface area contributed by atoms with Gasteiger partial charge in [0.15, 0.2) is 5.78 Å². The molecule has 1 aromatic carbocycles. The molecule has 3 heteroatoms. The zero-order chi connectivity index (χ0) is 16.2. The van der Waals surface area contributed by atoms with Crippen molar-refractivity contribution < 1.29 is 4.79 Å². The van der Waals surface area contributed by atoms with Crippen LogP contribution >= 0.6 is 0 Å². The third kappa shape index (κ3) is 4.48. The second kappa shape index (κ2) is 6.82. The molecule has 0 radical (unpaired) electrons. The minimum atomic E-state index is 0.0683. The quantitative estimate of drug-likeness (QED) is 0.773. The summed E-state index contributed by atoms with van der Waals surface area (Å²) in [5, 5.41) is 0. The van der Waals surface area contributed by atoms with Crippen molar-refractivity contribution in [2.45, 2.75) is 52.4 Å². The van der Waals surface area contributed by atoms with Gasteiger partial charge in [0.2, 0.25) is 0 Å². The summed E-state index contributed by atoms with van der Waals surface area (Å²) >= 11 is 0. The molecule has 0 spiro atoms. The average Bonchev–Trinajstić information content (AvgIpc) is 2.47. The van der Waals surface area contributed by atoms with Crippen molar-refractivity contribution in [3.8, 4) is 0 Å². The largest absolute Gasteiger partial charge is 0.292 e. The normalized spacial score (nSPS) is 11.5. The molecule has 1 heterocycles. The molecule has 0 bridgehead atoms. The van der Waals surface area contributed by atoms with Crippen LogP contribution in [0.2, 0.25) is 0 Å². The maximum atomic E-state index is 12.0. The molecular formula is C19H24N2O. The third-order valence-corrected chi connectivity index (χ3v) is 3.76. The van der Waals surface area contributed by atoms with Gasteiger partial charge in [0.05, 0.1) is 11.9 Å². The lowest BCUT2D eigenvalue weighted by Crippen LogP contribution is -2.10. The van der Waals surface area contributed by atoms with E-state index in [1.54, 1.807) is 12.4 Å². The highest BCUT2D eigenvalue weighted by Gasteiger charge is 2.13. The molecule has 0 unspecified atom stereocenters. The summed E-state index contributed by atoms with van der Waals surface area (Å²) in [5.41, 5.74) is 4.08. The molecule has 0 atom stereocenters. The zero-order valence-electron chi connectivity index (χ0n) is 13.9. The van der Waals surface area contributed by atoms with Crippen LogP contribution < -0.4 is 0 Å². The number of nitrogens with zero attached hydrogens (tertiary/aromatic N) is 2. The molecule has 0 aliphatic rings. The summed E-state index contributed by atoms with van der Waals surface area (Å²) in [7, 11) is 0. The third-order valence-electron chi connectivity index (χ3n) is 3.76. The molecular weight excluding hydrogens is 272 g/mol. The molecule has 22 heavy (non-hydrogen) atoms. The number of aromatic nitrogens is 2. The van der Waals surface area contributed by atoms with Gasteiger partial charge in [-0.2, -0.15) is 0 Å². The Balaban J connectivity index is 1.86. The Kier molecular flexibility index (Phi) is 5.07. The Labute approximate surface area is 132 Å². The summed E-state index contributed by atoms with van der Waals surface area (Å²) in [4.78, 5) is 20.3.